The van der Waals surface area contributed by atoms with E-state index in [1.807, 2.05) is 0 Å². The van der Waals surface area contributed by atoms with Crippen LogP contribution < -0.4 is 5.32 Å². The third-order valence-electron chi connectivity index (χ3n) is 1.37. The maximum absolute atomic E-state index is 10.7. The molecule has 0 radical (unpaired) electrons. The number of nitrogens with one attached hydrogen (secondary N) is 1. The number of carbonyl (C=O) groups excluding carboxylic acids is 1. The van der Waals surface area contributed by atoms with Gasteiger partial charge in [-0.3, -0.25) is 4.79 Å². The quantitative estimate of drug-likeness (QED) is 0.457. The molecule has 0 aliphatic heterocycles. The summed E-state index contributed by atoms with van der Waals surface area (Å²) in [6.07, 6.45) is 1.70. The Kier molecular flexibility index (Phi) is 5.65. The van der Waals surface area contributed by atoms with Gasteiger partial charge in [0.1, 0.15) is 9.84 Å². The van der Waals surface area contributed by atoms with E-state index in [1.165, 1.54) is 13.4 Å². The lowest BCUT2D eigenvalue weighted by molar-refractivity contribution is -0.139. The minimum atomic E-state index is -2.89. The van der Waals surface area contributed by atoms with Crippen molar-refractivity contribution >= 4 is 15.8 Å². The van der Waals surface area contributed by atoms with Crippen LogP contribution in [0.25, 0.3) is 0 Å². The molecule has 0 amide bonds. The number of ether oxygens (including phenoxy) is 1. The van der Waals surface area contributed by atoms with Gasteiger partial charge in [-0.25, -0.2) is 8.42 Å². The summed E-state index contributed by atoms with van der Waals surface area (Å²) in [5, 5.41) is 2.77. The second-order valence-electron chi connectivity index (χ2n) is 2.74. The van der Waals surface area contributed by atoms with Crippen LogP contribution in [0.3, 0.4) is 0 Å². The predicted octanol–water partition coefficient (Wildman–Crippen LogP) is -0.816. The Bertz CT molecular complexity index is 247. The molecule has 0 aromatic carbocycles. The van der Waals surface area contributed by atoms with Crippen molar-refractivity contribution < 1.29 is 17.9 Å². The average molecular weight is 209 g/mol. The normalized spacial score (nSPS) is 11.2. The Morgan fingerprint density at radius 3 is 2.54 bits per heavy atom. The fourth-order valence-electron chi connectivity index (χ4n) is 0.722. The molecule has 0 aliphatic carbocycles. The summed E-state index contributed by atoms with van der Waals surface area (Å²) in [5.41, 5.74) is 0. The molecule has 0 spiro atoms. The zero-order valence-electron chi connectivity index (χ0n) is 7.87. The maximum atomic E-state index is 10.7. The number of hydrogen-bond donors (Lipinski definition) is 1. The van der Waals surface area contributed by atoms with Crippen molar-refractivity contribution in [3.05, 3.63) is 0 Å². The van der Waals surface area contributed by atoms with Gasteiger partial charge in [0.15, 0.2) is 0 Å². The summed E-state index contributed by atoms with van der Waals surface area (Å²) < 4.78 is 25.7. The number of carbonyl (C=O) groups is 1. The Labute approximate surface area is 78.4 Å². The van der Waals surface area contributed by atoms with Crippen LogP contribution in [0.2, 0.25) is 0 Å². The Hall–Kier alpha value is -0.620. The number of rotatable bonds is 6. The highest BCUT2D eigenvalue weighted by Gasteiger charge is 2.02. The monoisotopic (exact) mass is 209 g/mol. The van der Waals surface area contributed by atoms with Crippen LogP contribution in [0.1, 0.15) is 6.42 Å². The number of hydrogen-bond acceptors (Lipinski definition) is 5. The van der Waals surface area contributed by atoms with Gasteiger partial charge in [0.05, 0.1) is 19.4 Å². The van der Waals surface area contributed by atoms with Crippen molar-refractivity contribution in [3.63, 3.8) is 0 Å². The molecule has 0 aromatic rings. The van der Waals surface area contributed by atoms with E-state index in [2.05, 4.69) is 10.1 Å². The largest absolute Gasteiger partial charge is 0.468 e. The first-order chi connectivity index (χ1) is 5.95. The van der Waals surface area contributed by atoms with E-state index in [-0.39, 0.29) is 18.3 Å². The predicted molar refractivity (Wildman–Crippen MR) is 49.2 cm³/mol. The zero-order valence-corrected chi connectivity index (χ0v) is 8.69. The molecule has 0 saturated carbocycles. The molecule has 0 bridgehead atoms. The van der Waals surface area contributed by atoms with E-state index >= 15 is 0 Å². The molecule has 5 nitrogen and oxygen atoms in total. The highest BCUT2D eigenvalue weighted by atomic mass is 32.2. The van der Waals surface area contributed by atoms with Crippen molar-refractivity contribution in [2.75, 3.05) is 32.2 Å². The Morgan fingerprint density at radius 2 is 2.08 bits per heavy atom. The average Bonchev–Trinajstić information content (AvgIpc) is 2.01. The number of sulfone groups is 1. The fraction of sp³-hybridized carbons (Fsp3) is 0.857. The second-order valence-corrected chi connectivity index (χ2v) is 5.00. The van der Waals surface area contributed by atoms with Crippen molar-refractivity contribution in [1.82, 2.24) is 5.32 Å². The van der Waals surface area contributed by atoms with Crippen LogP contribution in [0.4, 0.5) is 0 Å². The first-order valence-corrected chi connectivity index (χ1v) is 5.97. The number of methoxy groups -OCH3 is 1. The lowest BCUT2D eigenvalue weighted by Crippen LogP contribution is -2.25. The van der Waals surface area contributed by atoms with Gasteiger partial charge in [0.2, 0.25) is 0 Å². The fourth-order valence-corrected chi connectivity index (χ4v) is 1.39. The smallest absolute Gasteiger partial charge is 0.319 e. The molecule has 0 atom stereocenters. The molecule has 0 saturated heterocycles. The van der Waals surface area contributed by atoms with E-state index in [0.29, 0.717) is 13.0 Å². The SMILES string of the molecule is COC(=O)CNCCCS(C)(=O)=O. The van der Waals surface area contributed by atoms with Gasteiger partial charge in [-0.05, 0) is 13.0 Å². The molecule has 0 aliphatic rings. The molecule has 78 valence electrons. The molecule has 0 heterocycles. The van der Waals surface area contributed by atoms with E-state index in [4.69, 9.17) is 0 Å². The molecule has 0 rings (SSSR count). The summed E-state index contributed by atoms with van der Waals surface area (Å²) in [4.78, 5) is 10.6. The first-order valence-electron chi connectivity index (χ1n) is 3.91. The van der Waals surface area contributed by atoms with Crippen LogP contribution in [0.15, 0.2) is 0 Å². The molecular weight excluding hydrogens is 194 g/mol. The summed E-state index contributed by atoms with van der Waals surface area (Å²) in [6, 6.07) is 0. The van der Waals surface area contributed by atoms with Crippen LogP contribution in [-0.4, -0.2) is 46.6 Å². The topological polar surface area (TPSA) is 72.5 Å². The lowest BCUT2D eigenvalue weighted by atomic mass is 10.5. The van der Waals surface area contributed by atoms with Gasteiger partial charge < -0.3 is 10.1 Å². The summed E-state index contributed by atoms with van der Waals surface area (Å²) >= 11 is 0. The molecule has 1 N–H and O–H groups in total. The van der Waals surface area contributed by atoms with Gasteiger partial charge >= 0.3 is 5.97 Å². The van der Waals surface area contributed by atoms with Crippen molar-refractivity contribution in [3.8, 4) is 0 Å². The van der Waals surface area contributed by atoms with E-state index in [0.717, 1.165) is 0 Å². The van der Waals surface area contributed by atoms with Crippen LogP contribution in [-0.2, 0) is 19.4 Å². The minimum Gasteiger partial charge on any atom is -0.468 e. The van der Waals surface area contributed by atoms with Gasteiger partial charge in [0.25, 0.3) is 0 Å². The molecule has 0 fully saturated rings. The van der Waals surface area contributed by atoms with Gasteiger partial charge in [-0.1, -0.05) is 0 Å². The maximum Gasteiger partial charge on any atom is 0.319 e. The molecule has 6 heteroatoms. The third kappa shape index (κ3) is 9.29. The van der Waals surface area contributed by atoms with Crippen LogP contribution >= 0.6 is 0 Å². The standard InChI is InChI=1S/C7H15NO4S/c1-12-7(9)6-8-4-3-5-13(2,10)11/h8H,3-6H2,1-2H3. The van der Waals surface area contributed by atoms with E-state index in [9.17, 15) is 13.2 Å². The second kappa shape index (κ2) is 5.93. The third-order valence-corrected chi connectivity index (χ3v) is 2.40. The zero-order chi connectivity index (χ0) is 10.3. The van der Waals surface area contributed by atoms with Crippen LogP contribution in [0.5, 0.6) is 0 Å². The Morgan fingerprint density at radius 1 is 1.46 bits per heavy atom. The summed E-state index contributed by atoms with van der Waals surface area (Å²) in [6.45, 7) is 0.627. The van der Waals surface area contributed by atoms with Gasteiger partial charge in [-0.15, -0.1) is 0 Å². The lowest BCUT2D eigenvalue weighted by Gasteiger charge is -2.01. The molecule has 0 aromatic heterocycles. The summed E-state index contributed by atoms with van der Waals surface area (Å²) in [5.74, 6) is -0.208. The molecule has 0 unspecified atom stereocenters. The van der Waals surface area contributed by atoms with Gasteiger partial charge in [-0.2, -0.15) is 0 Å². The summed E-state index contributed by atoms with van der Waals surface area (Å²) in [7, 11) is -1.58. The number of esters is 1. The Balaban J connectivity index is 3.33. The van der Waals surface area contributed by atoms with Crippen molar-refractivity contribution in [1.29, 1.82) is 0 Å². The highest BCUT2D eigenvalue weighted by molar-refractivity contribution is 7.90. The van der Waals surface area contributed by atoms with E-state index < -0.39 is 9.84 Å². The van der Waals surface area contributed by atoms with E-state index in [1.54, 1.807) is 0 Å². The van der Waals surface area contributed by atoms with Crippen LogP contribution in [0, 0.1) is 0 Å². The highest BCUT2D eigenvalue weighted by Crippen LogP contribution is 1.86. The molecule has 13 heavy (non-hydrogen) atoms. The van der Waals surface area contributed by atoms with Gasteiger partial charge in [0, 0.05) is 6.26 Å². The first kappa shape index (κ1) is 12.4. The molecular formula is C7H15NO4S. The van der Waals surface area contributed by atoms with Crippen molar-refractivity contribution in [2.45, 2.75) is 6.42 Å². The van der Waals surface area contributed by atoms with Crippen molar-refractivity contribution in [2.24, 2.45) is 0 Å². The minimum absolute atomic E-state index is 0.125.